The van der Waals surface area contributed by atoms with Gasteiger partial charge in [-0.2, -0.15) is 0 Å². The summed E-state index contributed by atoms with van der Waals surface area (Å²) in [6, 6.07) is 12.4. The van der Waals surface area contributed by atoms with Crippen LogP contribution in [-0.2, 0) is 0 Å². The third kappa shape index (κ3) is 2.05. The van der Waals surface area contributed by atoms with E-state index in [1.165, 1.54) is 24.0 Å². The van der Waals surface area contributed by atoms with E-state index in [-0.39, 0.29) is 18.0 Å². The largest absolute Gasteiger partial charge is 0.329 e. The number of hydrogen-bond donors (Lipinski definition) is 0. The van der Waals surface area contributed by atoms with Crippen LogP contribution in [0.5, 0.6) is 0 Å². The fourth-order valence-corrected chi connectivity index (χ4v) is 5.30. The van der Waals surface area contributed by atoms with Gasteiger partial charge in [-0.3, -0.25) is 4.79 Å². The average Bonchev–Trinajstić information content (AvgIpc) is 3.39. The molecule has 0 N–H and O–H groups in total. The van der Waals surface area contributed by atoms with E-state index in [0.717, 1.165) is 33.9 Å². The van der Waals surface area contributed by atoms with Gasteiger partial charge in [0.25, 0.3) is 5.91 Å². The maximum Gasteiger partial charge on any atom is 0.254 e. The van der Waals surface area contributed by atoms with Gasteiger partial charge < -0.3 is 9.47 Å². The van der Waals surface area contributed by atoms with E-state index in [4.69, 9.17) is 16.6 Å². The number of amides is 1. The van der Waals surface area contributed by atoms with Gasteiger partial charge in [0.1, 0.15) is 5.82 Å². The van der Waals surface area contributed by atoms with Crippen LogP contribution in [0.15, 0.2) is 36.4 Å². The number of imidazole rings is 1. The predicted octanol–water partition coefficient (Wildman–Crippen LogP) is 5.08. The summed E-state index contributed by atoms with van der Waals surface area (Å²) in [6.45, 7) is 2.75. The molecule has 3 aliphatic rings. The zero-order valence-corrected chi connectivity index (χ0v) is 15.9. The van der Waals surface area contributed by atoms with E-state index in [0.29, 0.717) is 12.5 Å². The monoisotopic (exact) mass is 377 g/mol. The molecule has 4 nitrogen and oxygen atoms in total. The molecule has 3 heterocycles. The van der Waals surface area contributed by atoms with Crippen LogP contribution in [0.25, 0.3) is 11.0 Å². The fourth-order valence-electron chi connectivity index (χ4n) is 5.14. The highest BCUT2D eigenvalue weighted by atomic mass is 35.5. The van der Waals surface area contributed by atoms with Crippen LogP contribution in [0.2, 0.25) is 5.02 Å². The topological polar surface area (TPSA) is 38.1 Å². The molecule has 136 valence electrons. The fraction of sp³-hybridized carbons (Fsp3) is 0.364. The zero-order chi connectivity index (χ0) is 18.3. The van der Waals surface area contributed by atoms with Crippen LogP contribution >= 0.6 is 11.6 Å². The van der Waals surface area contributed by atoms with Gasteiger partial charge in [-0.15, -0.1) is 0 Å². The van der Waals surface area contributed by atoms with Gasteiger partial charge in [0.2, 0.25) is 0 Å². The molecule has 0 unspecified atom stereocenters. The molecule has 0 spiro atoms. The van der Waals surface area contributed by atoms with Gasteiger partial charge in [0, 0.05) is 23.6 Å². The Morgan fingerprint density at radius 3 is 2.81 bits per heavy atom. The molecule has 2 aliphatic heterocycles. The lowest BCUT2D eigenvalue weighted by Crippen LogP contribution is -2.34. The molecule has 6 rings (SSSR count). The summed E-state index contributed by atoms with van der Waals surface area (Å²) < 4.78 is 2.35. The van der Waals surface area contributed by atoms with Crippen LogP contribution in [0, 0.1) is 0 Å². The lowest BCUT2D eigenvalue weighted by Gasteiger charge is -2.27. The second kappa shape index (κ2) is 5.35. The summed E-state index contributed by atoms with van der Waals surface area (Å²) in [5.74, 6) is 1.75. The highest BCUT2D eigenvalue weighted by Crippen LogP contribution is 2.52. The predicted molar refractivity (Wildman–Crippen MR) is 105 cm³/mol. The van der Waals surface area contributed by atoms with Crippen LogP contribution < -0.4 is 0 Å². The Bertz CT molecular complexity index is 1110. The molecule has 27 heavy (non-hydrogen) atoms. The van der Waals surface area contributed by atoms with E-state index in [1.807, 2.05) is 29.2 Å². The normalized spacial score (nSPS) is 23.5. The Kier molecular flexibility index (Phi) is 3.11. The second-order valence-corrected chi connectivity index (χ2v) is 8.35. The maximum absolute atomic E-state index is 13.4. The van der Waals surface area contributed by atoms with Crippen molar-refractivity contribution >= 4 is 28.5 Å². The first kappa shape index (κ1) is 15.7. The van der Waals surface area contributed by atoms with Gasteiger partial charge in [-0.05, 0) is 61.1 Å². The van der Waals surface area contributed by atoms with Crippen LogP contribution in [0.4, 0.5) is 0 Å². The second-order valence-electron chi connectivity index (χ2n) is 7.91. The molecule has 1 saturated carbocycles. The molecule has 2 atom stereocenters. The molecular formula is C22H20ClN3O. The van der Waals surface area contributed by atoms with Crippen molar-refractivity contribution in [3.05, 3.63) is 63.9 Å². The lowest BCUT2D eigenvalue weighted by molar-refractivity contribution is 0.0692. The molecule has 0 radical (unpaired) electrons. The van der Waals surface area contributed by atoms with Gasteiger partial charge in [-0.1, -0.05) is 23.7 Å². The van der Waals surface area contributed by atoms with Crippen molar-refractivity contribution in [1.29, 1.82) is 0 Å². The number of fused-ring (bicyclic) bond motifs is 9. The van der Waals surface area contributed by atoms with Crippen molar-refractivity contribution in [3.8, 4) is 0 Å². The highest BCUT2D eigenvalue weighted by molar-refractivity contribution is 6.31. The van der Waals surface area contributed by atoms with Gasteiger partial charge in [-0.25, -0.2) is 4.98 Å². The van der Waals surface area contributed by atoms with E-state index in [1.54, 1.807) is 0 Å². The molecule has 1 aliphatic carbocycles. The Labute approximate surface area is 162 Å². The van der Waals surface area contributed by atoms with Crippen LogP contribution in [0.1, 0.15) is 71.5 Å². The number of carbonyl (C=O) groups is 1. The van der Waals surface area contributed by atoms with E-state index < -0.39 is 0 Å². The molecule has 1 amide bonds. The number of hydrogen-bond acceptors (Lipinski definition) is 2. The summed E-state index contributed by atoms with van der Waals surface area (Å²) in [5, 5.41) is 0.726. The summed E-state index contributed by atoms with van der Waals surface area (Å²) in [6.07, 6.45) is 3.35. The SMILES string of the molecule is CCN1C(=O)c2cccc(C3CC3)c2[C@H]2C[C@@H]1c1nc3ccc(Cl)cc3n12. The van der Waals surface area contributed by atoms with E-state index in [9.17, 15) is 4.79 Å². The van der Waals surface area contributed by atoms with Gasteiger partial charge in [0.05, 0.1) is 23.1 Å². The highest BCUT2D eigenvalue weighted by Gasteiger charge is 2.46. The van der Waals surface area contributed by atoms with Crippen LogP contribution in [0.3, 0.4) is 0 Å². The first-order valence-corrected chi connectivity index (χ1v) is 10.2. The Morgan fingerprint density at radius 1 is 1.19 bits per heavy atom. The summed E-state index contributed by atoms with van der Waals surface area (Å²) >= 11 is 6.32. The Morgan fingerprint density at radius 2 is 2.04 bits per heavy atom. The van der Waals surface area contributed by atoms with Crippen molar-refractivity contribution in [2.45, 2.75) is 44.2 Å². The van der Waals surface area contributed by atoms with E-state index >= 15 is 0 Å². The molecule has 1 fully saturated rings. The smallest absolute Gasteiger partial charge is 0.254 e. The summed E-state index contributed by atoms with van der Waals surface area (Å²) in [7, 11) is 0. The van der Waals surface area contributed by atoms with Crippen molar-refractivity contribution < 1.29 is 4.79 Å². The number of halogens is 1. The van der Waals surface area contributed by atoms with Gasteiger partial charge >= 0.3 is 0 Å². The quantitative estimate of drug-likeness (QED) is 0.624. The Hall–Kier alpha value is -2.33. The molecule has 2 aromatic carbocycles. The molecular weight excluding hydrogens is 358 g/mol. The first-order valence-electron chi connectivity index (χ1n) is 9.78. The van der Waals surface area contributed by atoms with Crippen molar-refractivity contribution in [1.82, 2.24) is 14.5 Å². The van der Waals surface area contributed by atoms with Gasteiger partial charge in [0.15, 0.2) is 0 Å². The molecule has 5 heteroatoms. The molecule has 3 aromatic rings. The van der Waals surface area contributed by atoms with E-state index in [2.05, 4.69) is 23.6 Å². The third-order valence-corrected chi connectivity index (χ3v) is 6.67. The lowest BCUT2D eigenvalue weighted by atomic mass is 9.91. The number of rotatable bonds is 2. The molecule has 1 aromatic heterocycles. The molecule has 2 bridgehead atoms. The summed E-state index contributed by atoms with van der Waals surface area (Å²) in [4.78, 5) is 20.3. The maximum atomic E-state index is 13.4. The van der Waals surface area contributed by atoms with Crippen LogP contribution in [-0.4, -0.2) is 26.9 Å². The van der Waals surface area contributed by atoms with Crippen molar-refractivity contribution in [3.63, 3.8) is 0 Å². The minimum absolute atomic E-state index is 0.0260. The summed E-state index contributed by atoms with van der Waals surface area (Å²) in [5.41, 5.74) is 5.50. The van der Waals surface area contributed by atoms with Crippen molar-refractivity contribution in [2.24, 2.45) is 0 Å². The minimum atomic E-state index is 0.0260. The number of aromatic nitrogens is 2. The third-order valence-electron chi connectivity index (χ3n) is 6.43. The zero-order valence-electron chi connectivity index (χ0n) is 15.2. The standard InChI is InChI=1S/C22H20ClN3O/c1-2-25-19-11-18(26-17-10-13(23)8-9-16(17)24-21(19)26)20-14(12-6-7-12)4-3-5-15(20)22(25)27/h3-5,8-10,12,18-19H,2,6-7,11H2,1H3/t18-,19-/m1/s1. The molecule has 0 saturated heterocycles. The van der Waals surface area contributed by atoms with Crippen molar-refractivity contribution in [2.75, 3.05) is 6.54 Å². The number of carbonyl (C=O) groups excluding carboxylic acids is 1. The number of benzene rings is 2. The minimum Gasteiger partial charge on any atom is -0.329 e. The first-order chi connectivity index (χ1) is 13.2. The number of nitrogens with zero attached hydrogens (tertiary/aromatic N) is 3. The Balaban J connectivity index is 1.69. The average molecular weight is 378 g/mol.